The standard InChI is InChI=1S/C24H32ClN2O2/c1-16(2)20-11-6-17(3)13-22(20)29-24(28)15-26-14-21(27-12-4-5-23(26)27)18-7-9-19(25)10-8-18/h7-10,14,16-17,20,22H,4-6,11-13,15H2,1-3H3/q+1/t17-,20-,22-/m1/s1. The van der Waals surface area contributed by atoms with Crippen molar-refractivity contribution >= 4 is 17.6 Å². The van der Waals surface area contributed by atoms with E-state index in [0.717, 1.165) is 48.5 Å². The Bertz CT molecular complexity index is 872. The third kappa shape index (κ3) is 4.37. The largest absolute Gasteiger partial charge is 0.459 e. The number of esters is 1. The second kappa shape index (κ2) is 8.51. The van der Waals surface area contributed by atoms with Crippen molar-refractivity contribution in [3.63, 3.8) is 0 Å². The molecule has 4 rings (SSSR count). The summed E-state index contributed by atoms with van der Waals surface area (Å²) in [4.78, 5) is 12.9. The maximum absolute atomic E-state index is 12.9. The lowest BCUT2D eigenvalue weighted by Crippen LogP contribution is -2.43. The summed E-state index contributed by atoms with van der Waals surface area (Å²) in [5.41, 5.74) is 2.28. The second-order valence-electron chi connectivity index (χ2n) is 9.17. The second-order valence-corrected chi connectivity index (χ2v) is 9.61. The number of hydrogen-bond donors (Lipinski definition) is 0. The molecule has 0 radical (unpaired) electrons. The number of imidazole rings is 1. The van der Waals surface area contributed by atoms with Crippen LogP contribution in [-0.4, -0.2) is 16.6 Å². The van der Waals surface area contributed by atoms with Gasteiger partial charge in [-0.05, 0) is 61.3 Å². The van der Waals surface area contributed by atoms with E-state index in [1.54, 1.807) is 0 Å². The van der Waals surface area contributed by atoms with Crippen LogP contribution < -0.4 is 4.57 Å². The quantitative estimate of drug-likeness (QED) is 0.506. The molecule has 3 atom stereocenters. The van der Waals surface area contributed by atoms with E-state index in [-0.39, 0.29) is 12.1 Å². The van der Waals surface area contributed by atoms with Gasteiger partial charge in [-0.3, -0.25) is 0 Å². The molecule has 0 unspecified atom stereocenters. The van der Waals surface area contributed by atoms with Gasteiger partial charge in [0, 0.05) is 10.6 Å². The number of aromatic nitrogens is 2. The van der Waals surface area contributed by atoms with Crippen LogP contribution in [0.15, 0.2) is 30.5 Å². The van der Waals surface area contributed by atoms with Gasteiger partial charge < -0.3 is 4.74 Å². The Kier molecular flexibility index (Phi) is 6.00. The highest BCUT2D eigenvalue weighted by Gasteiger charge is 2.35. The summed E-state index contributed by atoms with van der Waals surface area (Å²) >= 11 is 6.05. The molecule has 156 valence electrons. The van der Waals surface area contributed by atoms with Crippen molar-refractivity contribution in [3.05, 3.63) is 41.3 Å². The summed E-state index contributed by atoms with van der Waals surface area (Å²) in [5.74, 6) is 2.76. The van der Waals surface area contributed by atoms with Crippen molar-refractivity contribution in [1.82, 2.24) is 4.57 Å². The average Bonchev–Trinajstić information content (AvgIpc) is 3.26. The van der Waals surface area contributed by atoms with Gasteiger partial charge in [0.2, 0.25) is 0 Å². The van der Waals surface area contributed by atoms with Crippen molar-refractivity contribution in [1.29, 1.82) is 0 Å². The zero-order chi connectivity index (χ0) is 20.5. The van der Waals surface area contributed by atoms with E-state index in [1.807, 2.05) is 24.3 Å². The first-order valence-electron chi connectivity index (χ1n) is 11.0. The number of ether oxygens (including phenoxy) is 1. The molecule has 1 aromatic heterocycles. The molecule has 1 aliphatic heterocycles. The van der Waals surface area contributed by atoms with E-state index in [4.69, 9.17) is 16.3 Å². The molecule has 0 amide bonds. The Morgan fingerprint density at radius 1 is 1.28 bits per heavy atom. The van der Waals surface area contributed by atoms with Crippen molar-refractivity contribution in [3.8, 4) is 11.3 Å². The van der Waals surface area contributed by atoms with Crippen LogP contribution in [0, 0.1) is 17.8 Å². The molecule has 0 spiro atoms. The summed E-state index contributed by atoms with van der Waals surface area (Å²) in [5, 5.41) is 0.736. The van der Waals surface area contributed by atoms with Crippen molar-refractivity contribution in [2.45, 2.75) is 72.1 Å². The van der Waals surface area contributed by atoms with Crippen molar-refractivity contribution < 1.29 is 14.1 Å². The van der Waals surface area contributed by atoms with Gasteiger partial charge in [-0.2, -0.15) is 0 Å². The Hall–Kier alpha value is -1.81. The summed E-state index contributed by atoms with van der Waals surface area (Å²) in [6, 6.07) is 7.92. The number of nitrogens with zero attached hydrogens (tertiary/aromatic N) is 2. The zero-order valence-corrected chi connectivity index (χ0v) is 18.5. The third-order valence-corrected chi connectivity index (χ3v) is 6.93. The van der Waals surface area contributed by atoms with Crippen LogP contribution in [-0.2, 0) is 29.0 Å². The minimum absolute atomic E-state index is 0.0539. The number of benzene rings is 1. The predicted molar refractivity (Wildman–Crippen MR) is 115 cm³/mol. The molecule has 2 aromatic rings. The number of carbonyl (C=O) groups is 1. The fourth-order valence-electron chi connectivity index (χ4n) is 5.09. The summed E-state index contributed by atoms with van der Waals surface area (Å²) in [7, 11) is 0. The van der Waals surface area contributed by atoms with Crippen LogP contribution in [0.2, 0.25) is 5.02 Å². The lowest BCUT2D eigenvalue weighted by atomic mass is 9.75. The number of halogens is 1. The molecular weight excluding hydrogens is 384 g/mol. The van der Waals surface area contributed by atoms with Crippen LogP contribution in [0.25, 0.3) is 11.3 Å². The van der Waals surface area contributed by atoms with Gasteiger partial charge >= 0.3 is 5.97 Å². The van der Waals surface area contributed by atoms with Gasteiger partial charge in [-0.1, -0.05) is 38.8 Å². The molecule has 1 fully saturated rings. The molecule has 4 nitrogen and oxygen atoms in total. The fourth-order valence-corrected chi connectivity index (χ4v) is 5.22. The van der Waals surface area contributed by atoms with Gasteiger partial charge in [0.15, 0.2) is 12.2 Å². The minimum atomic E-state index is -0.109. The fraction of sp³-hybridized carbons (Fsp3) is 0.583. The molecule has 0 bridgehead atoms. The van der Waals surface area contributed by atoms with Crippen LogP contribution in [0.5, 0.6) is 0 Å². The third-order valence-electron chi connectivity index (χ3n) is 6.68. The lowest BCUT2D eigenvalue weighted by Gasteiger charge is -2.36. The number of fused-ring (bicyclic) bond motifs is 1. The molecule has 1 aromatic carbocycles. The molecule has 29 heavy (non-hydrogen) atoms. The minimum Gasteiger partial charge on any atom is -0.459 e. The predicted octanol–water partition coefficient (Wildman–Crippen LogP) is 5.05. The number of carbonyl (C=O) groups excluding carboxylic acids is 1. The van der Waals surface area contributed by atoms with Gasteiger partial charge in [0.05, 0.1) is 13.0 Å². The maximum Gasteiger partial charge on any atom is 0.348 e. The molecule has 1 saturated carbocycles. The molecule has 0 N–H and O–H groups in total. The normalized spacial score (nSPS) is 24.0. The summed E-state index contributed by atoms with van der Waals surface area (Å²) in [6.45, 7) is 8.04. The van der Waals surface area contributed by atoms with E-state index in [9.17, 15) is 4.79 Å². The summed E-state index contributed by atoms with van der Waals surface area (Å²) < 4.78 is 10.5. The highest BCUT2D eigenvalue weighted by Crippen LogP contribution is 2.35. The zero-order valence-electron chi connectivity index (χ0n) is 17.7. The first kappa shape index (κ1) is 20.5. The number of rotatable bonds is 5. The molecule has 1 aliphatic carbocycles. The summed E-state index contributed by atoms with van der Waals surface area (Å²) in [6.07, 6.45) is 7.65. The Morgan fingerprint density at radius 2 is 2.03 bits per heavy atom. The topological polar surface area (TPSA) is 35.1 Å². The van der Waals surface area contributed by atoms with Gasteiger partial charge in [-0.15, -0.1) is 0 Å². The van der Waals surface area contributed by atoms with Crippen LogP contribution in [0.3, 0.4) is 0 Å². The molecule has 2 aliphatic rings. The van der Waals surface area contributed by atoms with E-state index in [2.05, 4.69) is 36.1 Å². The van der Waals surface area contributed by atoms with Gasteiger partial charge in [0.25, 0.3) is 5.82 Å². The maximum atomic E-state index is 12.9. The monoisotopic (exact) mass is 415 g/mol. The van der Waals surface area contributed by atoms with Crippen molar-refractivity contribution in [2.75, 3.05) is 0 Å². The van der Waals surface area contributed by atoms with E-state index in [1.165, 1.54) is 12.2 Å². The smallest absolute Gasteiger partial charge is 0.348 e. The van der Waals surface area contributed by atoms with Gasteiger partial charge in [-0.25, -0.2) is 13.9 Å². The Balaban J connectivity index is 1.51. The van der Waals surface area contributed by atoms with E-state index >= 15 is 0 Å². The lowest BCUT2D eigenvalue weighted by molar-refractivity contribution is -0.692. The first-order chi connectivity index (χ1) is 13.9. The van der Waals surface area contributed by atoms with E-state index < -0.39 is 0 Å². The molecule has 0 saturated heterocycles. The first-order valence-corrected chi connectivity index (χ1v) is 11.4. The number of hydrogen-bond acceptors (Lipinski definition) is 2. The van der Waals surface area contributed by atoms with E-state index in [0.29, 0.717) is 24.3 Å². The molecule has 5 heteroatoms. The van der Waals surface area contributed by atoms with Gasteiger partial charge in [0.1, 0.15) is 12.3 Å². The molecular formula is C24H32ClN2O2+. The Morgan fingerprint density at radius 3 is 2.76 bits per heavy atom. The highest BCUT2D eigenvalue weighted by molar-refractivity contribution is 6.30. The highest BCUT2D eigenvalue weighted by atomic mass is 35.5. The van der Waals surface area contributed by atoms with Crippen LogP contribution in [0.4, 0.5) is 0 Å². The molecule has 2 heterocycles. The van der Waals surface area contributed by atoms with Crippen LogP contribution >= 0.6 is 11.6 Å². The SMILES string of the molecule is CC(C)[C@H]1CC[C@@H](C)C[C@H]1OC(=O)C[n+]1cc(-c2ccc(Cl)cc2)n2c1CCC2. The van der Waals surface area contributed by atoms with Crippen molar-refractivity contribution in [2.24, 2.45) is 17.8 Å². The Labute approximate surface area is 178 Å². The van der Waals surface area contributed by atoms with Crippen LogP contribution in [0.1, 0.15) is 52.3 Å². The average molecular weight is 416 g/mol.